The van der Waals surface area contributed by atoms with E-state index in [1.165, 1.54) is 25.8 Å². The Morgan fingerprint density at radius 3 is 2.64 bits per heavy atom. The average molecular weight is 200 g/mol. The molecule has 0 saturated carbocycles. The number of hydrogen-bond donors (Lipinski definition) is 1. The zero-order valence-corrected chi connectivity index (χ0v) is 9.70. The molecule has 1 heterocycles. The minimum Gasteiger partial charge on any atom is -0.302 e. The normalized spacial score (nSPS) is 26.8. The van der Waals surface area contributed by atoms with Crippen LogP contribution in [0, 0.1) is 0 Å². The molecule has 2 atom stereocenters. The first kappa shape index (κ1) is 12.0. The Labute approximate surface area is 87.6 Å². The van der Waals surface area contributed by atoms with Crippen LogP contribution in [0.5, 0.6) is 0 Å². The van der Waals surface area contributed by atoms with Crippen molar-refractivity contribution in [2.75, 3.05) is 6.54 Å². The second-order valence-corrected chi connectivity index (χ2v) is 4.66. The topological polar surface area (TPSA) is 38.5 Å². The van der Waals surface area contributed by atoms with E-state index < -0.39 is 0 Å². The van der Waals surface area contributed by atoms with Crippen molar-refractivity contribution in [3.8, 4) is 0 Å². The Balaban J connectivity index is 2.45. The maximum Gasteiger partial charge on any atom is 0.0774 e. The monoisotopic (exact) mass is 200 g/mol. The number of likely N-dealkylation sites (tertiary alicyclic amines) is 1. The third-order valence-corrected chi connectivity index (χ3v) is 3.17. The van der Waals surface area contributed by atoms with Crippen LogP contribution in [0.25, 0.3) is 0 Å². The molecule has 84 valence electrons. The summed E-state index contributed by atoms with van der Waals surface area (Å²) < 4.78 is 0. The SMILES string of the molecule is CC(CC1CCCCN1C(C)C)ON. The van der Waals surface area contributed by atoms with Gasteiger partial charge >= 0.3 is 0 Å². The molecule has 14 heavy (non-hydrogen) atoms. The van der Waals surface area contributed by atoms with E-state index in [2.05, 4.69) is 18.7 Å². The summed E-state index contributed by atoms with van der Waals surface area (Å²) in [4.78, 5) is 7.44. The Kier molecular flexibility index (Phi) is 4.85. The molecule has 2 N–H and O–H groups in total. The molecule has 1 saturated heterocycles. The Morgan fingerprint density at radius 2 is 2.07 bits per heavy atom. The van der Waals surface area contributed by atoms with Gasteiger partial charge in [-0.25, -0.2) is 5.90 Å². The minimum absolute atomic E-state index is 0.180. The highest BCUT2D eigenvalue weighted by Crippen LogP contribution is 2.23. The van der Waals surface area contributed by atoms with E-state index in [0.717, 1.165) is 6.42 Å². The predicted octanol–water partition coefficient (Wildman–Crippen LogP) is 1.92. The first-order chi connectivity index (χ1) is 6.65. The summed E-state index contributed by atoms with van der Waals surface area (Å²) >= 11 is 0. The Bertz CT molecular complexity index is 161. The van der Waals surface area contributed by atoms with Crippen molar-refractivity contribution in [3.63, 3.8) is 0 Å². The van der Waals surface area contributed by atoms with E-state index in [0.29, 0.717) is 12.1 Å². The highest BCUT2D eigenvalue weighted by atomic mass is 16.6. The molecule has 1 aliphatic rings. The van der Waals surface area contributed by atoms with Gasteiger partial charge in [-0.15, -0.1) is 0 Å². The standard InChI is InChI=1S/C11H24N2O/c1-9(2)13-7-5-4-6-11(13)8-10(3)14-12/h9-11H,4-8,12H2,1-3H3. The highest BCUT2D eigenvalue weighted by Gasteiger charge is 2.25. The van der Waals surface area contributed by atoms with Crippen LogP contribution < -0.4 is 5.90 Å². The molecule has 0 radical (unpaired) electrons. The van der Waals surface area contributed by atoms with Crippen LogP contribution in [-0.4, -0.2) is 29.6 Å². The van der Waals surface area contributed by atoms with Gasteiger partial charge in [-0.3, -0.25) is 4.90 Å². The third-order valence-electron chi connectivity index (χ3n) is 3.17. The molecule has 0 bridgehead atoms. The van der Waals surface area contributed by atoms with Crippen LogP contribution in [0.15, 0.2) is 0 Å². The number of rotatable bonds is 4. The fourth-order valence-corrected chi connectivity index (χ4v) is 2.39. The van der Waals surface area contributed by atoms with Gasteiger partial charge in [0.25, 0.3) is 0 Å². The van der Waals surface area contributed by atoms with Gasteiger partial charge < -0.3 is 4.84 Å². The molecule has 0 aromatic rings. The third kappa shape index (κ3) is 3.23. The molecular weight excluding hydrogens is 176 g/mol. The molecule has 3 nitrogen and oxygen atoms in total. The average Bonchev–Trinajstić information content (AvgIpc) is 2.18. The van der Waals surface area contributed by atoms with Gasteiger partial charge in [-0.2, -0.15) is 0 Å². The fraction of sp³-hybridized carbons (Fsp3) is 1.00. The molecule has 0 amide bonds. The van der Waals surface area contributed by atoms with Crippen LogP contribution in [0.4, 0.5) is 0 Å². The lowest BCUT2D eigenvalue weighted by Crippen LogP contribution is -2.45. The molecule has 3 heteroatoms. The second kappa shape index (κ2) is 5.69. The van der Waals surface area contributed by atoms with Gasteiger partial charge in [0.2, 0.25) is 0 Å². The molecule has 1 rings (SSSR count). The second-order valence-electron chi connectivity index (χ2n) is 4.66. The summed E-state index contributed by atoms with van der Waals surface area (Å²) in [5.41, 5.74) is 0. The van der Waals surface area contributed by atoms with Gasteiger partial charge in [-0.05, 0) is 46.6 Å². The number of hydrogen-bond acceptors (Lipinski definition) is 3. The highest BCUT2D eigenvalue weighted by molar-refractivity contribution is 4.80. The molecular formula is C11H24N2O. The van der Waals surface area contributed by atoms with E-state index in [9.17, 15) is 0 Å². The summed E-state index contributed by atoms with van der Waals surface area (Å²) in [6, 6.07) is 1.31. The molecule has 2 unspecified atom stereocenters. The van der Waals surface area contributed by atoms with Crippen LogP contribution in [0.1, 0.15) is 46.5 Å². The zero-order valence-electron chi connectivity index (χ0n) is 9.70. The van der Waals surface area contributed by atoms with Gasteiger partial charge in [0.1, 0.15) is 0 Å². The molecule has 0 aliphatic carbocycles. The lowest BCUT2D eigenvalue weighted by Gasteiger charge is -2.39. The van der Waals surface area contributed by atoms with Crippen LogP contribution in [0.2, 0.25) is 0 Å². The van der Waals surface area contributed by atoms with E-state index in [1.54, 1.807) is 0 Å². The van der Waals surface area contributed by atoms with Crippen molar-refractivity contribution in [1.29, 1.82) is 0 Å². The number of nitrogens with zero attached hydrogens (tertiary/aromatic N) is 1. The lowest BCUT2D eigenvalue weighted by atomic mass is 9.96. The maximum atomic E-state index is 5.19. The van der Waals surface area contributed by atoms with Crippen molar-refractivity contribution in [3.05, 3.63) is 0 Å². The van der Waals surface area contributed by atoms with Crippen molar-refractivity contribution < 1.29 is 4.84 Å². The molecule has 1 aliphatic heterocycles. The smallest absolute Gasteiger partial charge is 0.0774 e. The first-order valence-corrected chi connectivity index (χ1v) is 5.76. The molecule has 0 spiro atoms. The van der Waals surface area contributed by atoms with Crippen molar-refractivity contribution >= 4 is 0 Å². The van der Waals surface area contributed by atoms with E-state index >= 15 is 0 Å². The number of piperidine rings is 1. The minimum atomic E-state index is 0.180. The van der Waals surface area contributed by atoms with Crippen molar-refractivity contribution in [2.24, 2.45) is 5.90 Å². The van der Waals surface area contributed by atoms with Gasteiger partial charge in [-0.1, -0.05) is 6.42 Å². The number of nitrogens with two attached hydrogens (primary N) is 1. The maximum absolute atomic E-state index is 5.19. The van der Waals surface area contributed by atoms with Gasteiger partial charge in [0.15, 0.2) is 0 Å². The summed E-state index contributed by atoms with van der Waals surface area (Å²) in [6.07, 6.45) is 5.23. The lowest BCUT2D eigenvalue weighted by molar-refractivity contribution is 0.0179. The van der Waals surface area contributed by atoms with Gasteiger partial charge in [0.05, 0.1) is 6.10 Å². The summed E-state index contributed by atoms with van der Waals surface area (Å²) in [6.45, 7) is 7.82. The largest absolute Gasteiger partial charge is 0.302 e. The quantitative estimate of drug-likeness (QED) is 0.705. The van der Waals surface area contributed by atoms with Crippen molar-refractivity contribution in [1.82, 2.24) is 4.90 Å². The molecule has 1 fully saturated rings. The van der Waals surface area contributed by atoms with E-state index in [4.69, 9.17) is 10.7 Å². The van der Waals surface area contributed by atoms with Gasteiger partial charge in [0, 0.05) is 12.1 Å². The van der Waals surface area contributed by atoms with Crippen molar-refractivity contribution in [2.45, 2.75) is 64.6 Å². The van der Waals surface area contributed by atoms with Crippen LogP contribution in [-0.2, 0) is 4.84 Å². The van der Waals surface area contributed by atoms with Crippen LogP contribution in [0.3, 0.4) is 0 Å². The summed E-state index contributed by atoms with van der Waals surface area (Å²) in [7, 11) is 0. The Hall–Kier alpha value is -0.120. The zero-order chi connectivity index (χ0) is 10.6. The summed E-state index contributed by atoms with van der Waals surface area (Å²) in [5, 5.41) is 0. The summed E-state index contributed by atoms with van der Waals surface area (Å²) in [5.74, 6) is 5.19. The fourth-order valence-electron chi connectivity index (χ4n) is 2.39. The van der Waals surface area contributed by atoms with E-state index in [-0.39, 0.29) is 6.10 Å². The first-order valence-electron chi connectivity index (χ1n) is 5.76. The molecule has 0 aromatic heterocycles. The predicted molar refractivity (Wildman–Crippen MR) is 58.8 cm³/mol. The van der Waals surface area contributed by atoms with E-state index in [1.807, 2.05) is 6.92 Å². The molecule has 0 aromatic carbocycles. The Morgan fingerprint density at radius 1 is 1.36 bits per heavy atom. The van der Waals surface area contributed by atoms with Crippen LogP contribution >= 0.6 is 0 Å².